The van der Waals surface area contributed by atoms with E-state index in [1.165, 1.54) is 12.1 Å². The molecule has 0 aliphatic carbocycles. The van der Waals surface area contributed by atoms with Crippen molar-refractivity contribution in [3.05, 3.63) is 40.8 Å². The van der Waals surface area contributed by atoms with Crippen molar-refractivity contribution in [2.24, 2.45) is 0 Å². The number of anilines is 1. The molecule has 0 N–H and O–H groups in total. The maximum atomic E-state index is 12.9. The molecule has 0 saturated carbocycles. The lowest BCUT2D eigenvalue weighted by molar-refractivity contribution is -0.170. The zero-order valence-corrected chi connectivity index (χ0v) is 12.7. The van der Waals surface area contributed by atoms with Crippen LogP contribution in [0.5, 0.6) is 0 Å². The van der Waals surface area contributed by atoms with Crippen molar-refractivity contribution >= 4 is 21.4 Å². The fraction of sp³-hybridized carbons (Fsp3) is 0.357. The van der Waals surface area contributed by atoms with E-state index >= 15 is 0 Å². The van der Waals surface area contributed by atoms with Gasteiger partial charge in [-0.25, -0.2) is 8.42 Å². The van der Waals surface area contributed by atoms with Crippen molar-refractivity contribution in [2.75, 3.05) is 10.7 Å². The van der Waals surface area contributed by atoms with Crippen LogP contribution in [0.3, 0.4) is 0 Å². The zero-order chi connectivity index (χ0) is 16.7. The predicted octanol–water partition coefficient (Wildman–Crippen LogP) is 2.51. The molecule has 1 heterocycles. The summed E-state index contributed by atoms with van der Waals surface area (Å²) in [6, 6.07) is 3.44. The number of nitrogens with zero attached hydrogens (tertiary/aromatic N) is 1. The molecular weight excluding hydrogens is 319 g/mol. The molecule has 1 aliphatic rings. The lowest BCUT2D eigenvalue weighted by atomic mass is 10.1. The number of alkyl halides is 3. The first-order chi connectivity index (χ1) is 9.99. The van der Waals surface area contributed by atoms with E-state index in [9.17, 15) is 26.4 Å². The maximum absolute atomic E-state index is 12.9. The van der Waals surface area contributed by atoms with Crippen LogP contribution in [-0.4, -0.2) is 32.3 Å². The van der Waals surface area contributed by atoms with E-state index in [-0.39, 0.29) is 5.69 Å². The Hall–Kier alpha value is -1.83. The van der Waals surface area contributed by atoms with Gasteiger partial charge in [0.25, 0.3) is 0 Å². The molecule has 8 heteroatoms. The van der Waals surface area contributed by atoms with Gasteiger partial charge in [0.1, 0.15) is 0 Å². The fourth-order valence-electron chi connectivity index (χ4n) is 2.41. The summed E-state index contributed by atoms with van der Waals surface area (Å²) in [5, 5.41) is 0.844. The molecule has 0 spiro atoms. The van der Waals surface area contributed by atoms with Gasteiger partial charge in [-0.2, -0.15) is 13.2 Å². The third-order valence-corrected chi connectivity index (χ3v) is 4.57. The van der Waals surface area contributed by atoms with Crippen LogP contribution in [0.15, 0.2) is 29.7 Å². The van der Waals surface area contributed by atoms with Crippen LogP contribution in [-0.2, 0) is 14.6 Å². The molecule has 0 fully saturated rings. The molecule has 0 radical (unpaired) electrons. The molecule has 22 heavy (non-hydrogen) atoms. The van der Waals surface area contributed by atoms with Gasteiger partial charge < -0.3 is 0 Å². The van der Waals surface area contributed by atoms with Gasteiger partial charge >= 0.3 is 12.1 Å². The number of amides is 1. The van der Waals surface area contributed by atoms with Crippen molar-refractivity contribution in [1.29, 1.82) is 0 Å². The van der Waals surface area contributed by atoms with Crippen LogP contribution in [0.25, 0.3) is 0 Å². The van der Waals surface area contributed by atoms with Crippen molar-refractivity contribution in [3.8, 4) is 0 Å². The number of halogens is 3. The number of hydrogen-bond acceptors (Lipinski definition) is 3. The molecule has 1 atom stereocenters. The number of benzene rings is 1. The second-order valence-corrected chi connectivity index (χ2v) is 7.18. The maximum Gasteiger partial charge on any atom is 0.471 e. The molecule has 1 aliphatic heterocycles. The first-order valence-corrected chi connectivity index (χ1v) is 8.11. The molecule has 0 bridgehead atoms. The van der Waals surface area contributed by atoms with Crippen LogP contribution in [0.2, 0.25) is 0 Å². The van der Waals surface area contributed by atoms with E-state index in [0.717, 1.165) is 11.5 Å². The second-order valence-electron chi connectivity index (χ2n) is 5.24. The topological polar surface area (TPSA) is 54.5 Å². The quantitative estimate of drug-likeness (QED) is 0.836. The fourth-order valence-corrected chi connectivity index (χ4v) is 3.67. The summed E-state index contributed by atoms with van der Waals surface area (Å²) in [6.45, 7) is 3.38. The van der Waals surface area contributed by atoms with Gasteiger partial charge in [0.05, 0.1) is 11.8 Å². The summed E-state index contributed by atoms with van der Waals surface area (Å²) in [5.41, 5.74) is 1.39. The Kier molecular flexibility index (Phi) is 4.08. The monoisotopic (exact) mass is 333 g/mol. The first kappa shape index (κ1) is 16.5. The third kappa shape index (κ3) is 3.49. The summed E-state index contributed by atoms with van der Waals surface area (Å²) in [6.07, 6.45) is -3.98. The van der Waals surface area contributed by atoms with Gasteiger partial charge in [0.2, 0.25) is 0 Å². The Bertz CT molecular complexity index is 718. The van der Waals surface area contributed by atoms with E-state index in [2.05, 4.69) is 0 Å². The van der Waals surface area contributed by atoms with Crippen LogP contribution >= 0.6 is 0 Å². The summed E-state index contributed by atoms with van der Waals surface area (Å²) >= 11 is 0. The number of rotatable bonds is 2. The standard InChI is InChI=1S/C14H14F3NO3S/c1-9-5-10(2)7-12(6-9)18(13(19)14(15,16)17)11-3-4-22(20,21)8-11/h3-7,11H,8H2,1-2H3. The lowest BCUT2D eigenvalue weighted by Gasteiger charge is -2.29. The molecule has 1 aromatic rings. The van der Waals surface area contributed by atoms with Gasteiger partial charge in [-0.3, -0.25) is 9.69 Å². The van der Waals surface area contributed by atoms with E-state index in [1.54, 1.807) is 19.9 Å². The number of carbonyl (C=O) groups excluding carboxylic acids is 1. The molecule has 4 nitrogen and oxygen atoms in total. The molecule has 2 rings (SSSR count). The third-order valence-electron chi connectivity index (χ3n) is 3.19. The molecule has 120 valence electrons. The molecule has 1 amide bonds. The van der Waals surface area contributed by atoms with E-state index in [4.69, 9.17) is 0 Å². The Morgan fingerprint density at radius 3 is 2.14 bits per heavy atom. The summed E-state index contributed by atoms with van der Waals surface area (Å²) in [4.78, 5) is 12.3. The second kappa shape index (κ2) is 5.42. The Morgan fingerprint density at radius 1 is 1.18 bits per heavy atom. The van der Waals surface area contributed by atoms with Crippen LogP contribution < -0.4 is 4.90 Å². The largest absolute Gasteiger partial charge is 0.471 e. The van der Waals surface area contributed by atoms with E-state index < -0.39 is 33.7 Å². The van der Waals surface area contributed by atoms with Crippen molar-refractivity contribution in [3.63, 3.8) is 0 Å². The normalized spacial score (nSPS) is 20.1. The Balaban J connectivity index is 2.51. The molecule has 0 saturated heterocycles. The highest BCUT2D eigenvalue weighted by Crippen LogP contribution is 2.30. The minimum atomic E-state index is -5.09. The van der Waals surface area contributed by atoms with Gasteiger partial charge in [0, 0.05) is 11.1 Å². The predicted molar refractivity (Wildman–Crippen MR) is 76.2 cm³/mol. The highest BCUT2D eigenvalue weighted by atomic mass is 32.2. The average molecular weight is 333 g/mol. The van der Waals surface area contributed by atoms with Gasteiger partial charge in [0.15, 0.2) is 9.84 Å². The van der Waals surface area contributed by atoms with Gasteiger partial charge in [-0.15, -0.1) is 0 Å². The first-order valence-electron chi connectivity index (χ1n) is 6.39. The highest BCUT2D eigenvalue weighted by molar-refractivity contribution is 7.94. The van der Waals surface area contributed by atoms with Crippen molar-refractivity contribution in [2.45, 2.75) is 26.1 Å². The summed E-state index contributed by atoms with van der Waals surface area (Å²) in [5.74, 6) is -2.63. The Morgan fingerprint density at radius 2 is 1.73 bits per heavy atom. The molecular formula is C14H14F3NO3S. The molecule has 1 aromatic carbocycles. The van der Waals surface area contributed by atoms with Gasteiger partial charge in [-0.05, 0) is 43.2 Å². The molecule has 1 unspecified atom stereocenters. The zero-order valence-electron chi connectivity index (χ0n) is 11.9. The van der Waals surface area contributed by atoms with E-state index in [0.29, 0.717) is 16.0 Å². The number of carbonyl (C=O) groups is 1. The van der Waals surface area contributed by atoms with Crippen LogP contribution in [0.1, 0.15) is 11.1 Å². The number of sulfone groups is 1. The highest BCUT2D eigenvalue weighted by Gasteiger charge is 2.46. The summed E-state index contributed by atoms with van der Waals surface area (Å²) in [7, 11) is -3.59. The van der Waals surface area contributed by atoms with E-state index in [1.807, 2.05) is 0 Å². The van der Waals surface area contributed by atoms with Crippen LogP contribution in [0.4, 0.5) is 18.9 Å². The number of aryl methyl sites for hydroxylation is 2. The minimum Gasteiger partial charge on any atom is -0.297 e. The van der Waals surface area contributed by atoms with Crippen molar-refractivity contribution < 1.29 is 26.4 Å². The average Bonchev–Trinajstić information content (AvgIpc) is 2.67. The summed E-state index contributed by atoms with van der Waals surface area (Å²) < 4.78 is 61.6. The van der Waals surface area contributed by atoms with Crippen molar-refractivity contribution in [1.82, 2.24) is 0 Å². The van der Waals surface area contributed by atoms with Gasteiger partial charge in [-0.1, -0.05) is 6.07 Å². The number of hydrogen-bond donors (Lipinski definition) is 0. The SMILES string of the molecule is Cc1cc(C)cc(N(C(=O)C(F)(F)F)C2C=CS(=O)(=O)C2)c1. The van der Waals surface area contributed by atoms with Crippen LogP contribution in [0, 0.1) is 13.8 Å². The minimum absolute atomic E-state index is 0.0339. The Labute approximate surface area is 126 Å². The molecule has 0 aromatic heterocycles. The smallest absolute Gasteiger partial charge is 0.297 e. The lowest BCUT2D eigenvalue weighted by Crippen LogP contribution is -2.48.